The Morgan fingerprint density at radius 3 is 2.86 bits per heavy atom. The van der Waals surface area contributed by atoms with Crippen molar-refractivity contribution in [2.45, 2.75) is 26.4 Å². The van der Waals surface area contributed by atoms with Crippen LogP contribution in [0.4, 0.5) is 5.69 Å². The van der Waals surface area contributed by atoms with E-state index in [9.17, 15) is 0 Å². The molecule has 0 saturated heterocycles. The van der Waals surface area contributed by atoms with Crippen molar-refractivity contribution in [3.8, 4) is 5.75 Å². The maximum absolute atomic E-state index is 8.34. The first-order valence-corrected chi connectivity index (χ1v) is 4.58. The molecule has 4 nitrogen and oxygen atoms in total. The van der Waals surface area contributed by atoms with Gasteiger partial charge in [-0.3, -0.25) is 0 Å². The number of hydrogen-bond donors (Lipinski definition) is 0. The Bertz CT molecular complexity index is 345. The van der Waals surface area contributed by atoms with E-state index in [-0.39, 0.29) is 6.10 Å². The first-order chi connectivity index (χ1) is 6.77. The van der Waals surface area contributed by atoms with Crippen LogP contribution in [-0.4, -0.2) is 6.10 Å². The second kappa shape index (κ2) is 5.14. The van der Waals surface area contributed by atoms with Crippen LogP contribution >= 0.6 is 0 Å². The molecule has 74 valence electrons. The molecule has 1 aromatic rings. The lowest BCUT2D eigenvalue weighted by molar-refractivity contribution is 0.218. The largest absolute Gasteiger partial charge is 0.490 e. The first-order valence-electron chi connectivity index (χ1n) is 4.58. The van der Waals surface area contributed by atoms with Crippen LogP contribution in [0.15, 0.2) is 29.4 Å². The summed E-state index contributed by atoms with van der Waals surface area (Å²) in [5.41, 5.74) is 8.88. The Kier molecular flexibility index (Phi) is 3.83. The second-order valence-electron chi connectivity index (χ2n) is 2.99. The van der Waals surface area contributed by atoms with Crippen LogP contribution in [0.2, 0.25) is 0 Å². The van der Waals surface area contributed by atoms with Crippen molar-refractivity contribution >= 4 is 5.69 Å². The molecule has 1 unspecified atom stereocenters. The fourth-order valence-electron chi connectivity index (χ4n) is 0.988. The summed E-state index contributed by atoms with van der Waals surface area (Å²) in [6.07, 6.45) is 1.05. The lowest BCUT2D eigenvalue weighted by Gasteiger charge is -2.13. The minimum atomic E-state index is 0.130. The van der Waals surface area contributed by atoms with Gasteiger partial charge in [0.05, 0.1) is 11.8 Å². The van der Waals surface area contributed by atoms with Crippen LogP contribution in [0.5, 0.6) is 5.75 Å². The highest BCUT2D eigenvalue weighted by molar-refractivity contribution is 5.51. The molecule has 0 bridgehead atoms. The van der Waals surface area contributed by atoms with Crippen LogP contribution in [0.3, 0.4) is 0 Å². The molecule has 0 N–H and O–H groups in total. The Balaban J connectivity index is 2.89. The monoisotopic (exact) mass is 191 g/mol. The zero-order valence-corrected chi connectivity index (χ0v) is 8.34. The molecule has 1 rings (SSSR count). The minimum absolute atomic E-state index is 0.130. The van der Waals surface area contributed by atoms with E-state index in [1.165, 1.54) is 0 Å². The molecule has 0 saturated carbocycles. The number of azide groups is 1. The zero-order chi connectivity index (χ0) is 10.4. The molecule has 0 spiro atoms. The normalized spacial score (nSPS) is 11.6. The Labute approximate surface area is 83.1 Å². The van der Waals surface area contributed by atoms with Gasteiger partial charge in [0.25, 0.3) is 0 Å². The Morgan fingerprint density at radius 2 is 2.21 bits per heavy atom. The van der Waals surface area contributed by atoms with Gasteiger partial charge in [-0.05, 0) is 31.0 Å². The van der Waals surface area contributed by atoms with E-state index in [1.807, 2.05) is 26.0 Å². The summed E-state index contributed by atoms with van der Waals surface area (Å²) in [5, 5.41) is 3.55. The topological polar surface area (TPSA) is 58.0 Å². The number of hydrogen-bond acceptors (Lipinski definition) is 2. The molecule has 0 amide bonds. The Hall–Kier alpha value is -1.67. The van der Waals surface area contributed by atoms with Gasteiger partial charge in [-0.1, -0.05) is 24.2 Å². The lowest BCUT2D eigenvalue weighted by atomic mass is 10.3. The molecule has 0 aromatic heterocycles. The zero-order valence-electron chi connectivity index (χ0n) is 8.34. The van der Waals surface area contributed by atoms with Crippen molar-refractivity contribution in [3.05, 3.63) is 34.7 Å². The molecule has 14 heavy (non-hydrogen) atoms. The number of benzene rings is 1. The summed E-state index contributed by atoms with van der Waals surface area (Å²) in [6, 6.07) is 7.20. The van der Waals surface area contributed by atoms with Gasteiger partial charge in [-0.15, -0.1) is 0 Å². The van der Waals surface area contributed by atoms with Crippen molar-refractivity contribution in [2.75, 3.05) is 0 Å². The van der Waals surface area contributed by atoms with E-state index in [4.69, 9.17) is 10.3 Å². The molecule has 0 aliphatic heterocycles. The average Bonchev–Trinajstić information content (AvgIpc) is 2.21. The molecule has 0 aliphatic rings. The van der Waals surface area contributed by atoms with Crippen LogP contribution in [0.1, 0.15) is 20.3 Å². The van der Waals surface area contributed by atoms with Gasteiger partial charge in [0, 0.05) is 4.91 Å². The standard InChI is InChI=1S/C10H13N3O/c1-3-8(2)14-10-7-5-4-6-9(10)12-13-11/h4-8H,3H2,1-2H3. The fourth-order valence-corrected chi connectivity index (χ4v) is 0.988. The summed E-state index contributed by atoms with van der Waals surface area (Å²) in [7, 11) is 0. The van der Waals surface area contributed by atoms with E-state index >= 15 is 0 Å². The van der Waals surface area contributed by atoms with E-state index in [1.54, 1.807) is 12.1 Å². The maximum atomic E-state index is 8.34. The summed E-state index contributed by atoms with van der Waals surface area (Å²) in [4.78, 5) is 2.74. The predicted octanol–water partition coefficient (Wildman–Crippen LogP) is 3.81. The van der Waals surface area contributed by atoms with Crippen molar-refractivity contribution in [1.29, 1.82) is 0 Å². The van der Waals surface area contributed by atoms with Crippen LogP contribution in [0, 0.1) is 0 Å². The lowest BCUT2D eigenvalue weighted by Crippen LogP contribution is -2.09. The third kappa shape index (κ3) is 2.68. The SMILES string of the molecule is CCC(C)Oc1ccccc1N=[N+]=[N-]. The van der Waals surface area contributed by atoms with Gasteiger partial charge in [0.15, 0.2) is 0 Å². The van der Waals surface area contributed by atoms with Crippen LogP contribution in [0.25, 0.3) is 10.4 Å². The van der Waals surface area contributed by atoms with Gasteiger partial charge >= 0.3 is 0 Å². The highest BCUT2D eigenvalue weighted by Crippen LogP contribution is 2.28. The third-order valence-electron chi connectivity index (χ3n) is 1.92. The number of ether oxygens (including phenoxy) is 1. The highest BCUT2D eigenvalue weighted by atomic mass is 16.5. The molecule has 0 fully saturated rings. The van der Waals surface area contributed by atoms with E-state index in [2.05, 4.69) is 10.0 Å². The van der Waals surface area contributed by atoms with Crippen molar-refractivity contribution in [2.24, 2.45) is 5.11 Å². The average molecular weight is 191 g/mol. The summed E-state index contributed by atoms with van der Waals surface area (Å²) < 4.78 is 5.58. The molecule has 4 heteroatoms. The molecular weight excluding hydrogens is 178 g/mol. The van der Waals surface area contributed by atoms with E-state index < -0.39 is 0 Å². The first kappa shape index (κ1) is 10.4. The third-order valence-corrected chi connectivity index (χ3v) is 1.92. The van der Waals surface area contributed by atoms with Gasteiger partial charge in [0.2, 0.25) is 0 Å². The predicted molar refractivity (Wildman–Crippen MR) is 55.6 cm³/mol. The molecule has 1 aromatic carbocycles. The minimum Gasteiger partial charge on any atom is -0.490 e. The van der Waals surface area contributed by atoms with Gasteiger partial charge in [0.1, 0.15) is 5.75 Å². The summed E-state index contributed by atoms with van der Waals surface area (Å²) in [5.74, 6) is 0.639. The van der Waals surface area contributed by atoms with Crippen molar-refractivity contribution < 1.29 is 4.74 Å². The second-order valence-corrected chi connectivity index (χ2v) is 2.99. The smallest absolute Gasteiger partial charge is 0.129 e. The Morgan fingerprint density at radius 1 is 1.50 bits per heavy atom. The van der Waals surface area contributed by atoms with Gasteiger partial charge in [-0.25, -0.2) is 0 Å². The van der Waals surface area contributed by atoms with Gasteiger partial charge < -0.3 is 4.74 Å². The van der Waals surface area contributed by atoms with E-state index in [0.29, 0.717) is 11.4 Å². The number of nitrogens with zero attached hydrogens (tertiary/aromatic N) is 3. The molecule has 1 atom stereocenters. The quantitative estimate of drug-likeness (QED) is 0.405. The molecule has 0 heterocycles. The molecule has 0 radical (unpaired) electrons. The van der Waals surface area contributed by atoms with Crippen molar-refractivity contribution in [3.63, 3.8) is 0 Å². The van der Waals surface area contributed by atoms with Crippen LogP contribution < -0.4 is 4.74 Å². The number of para-hydroxylation sites is 1. The summed E-state index contributed by atoms with van der Waals surface area (Å²) in [6.45, 7) is 4.02. The van der Waals surface area contributed by atoms with E-state index in [0.717, 1.165) is 6.42 Å². The van der Waals surface area contributed by atoms with Crippen molar-refractivity contribution in [1.82, 2.24) is 0 Å². The highest BCUT2D eigenvalue weighted by Gasteiger charge is 2.04. The van der Waals surface area contributed by atoms with Gasteiger partial charge in [-0.2, -0.15) is 0 Å². The summed E-state index contributed by atoms with van der Waals surface area (Å²) >= 11 is 0. The molecule has 0 aliphatic carbocycles. The number of rotatable bonds is 4. The maximum Gasteiger partial charge on any atom is 0.129 e. The van der Waals surface area contributed by atoms with Crippen LogP contribution in [-0.2, 0) is 0 Å². The fraction of sp³-hybridized carbons (Fsp3) is 0.400. The molecular formula is C10H13N3O.